The molecule has 6 nitrogen and oxygen atoms in total. The number of hydrogen-bond donors (Lipinski definition) is 0. The highest BCUT2D eigenvalue weighted by Gasteiger charge is 2.18. The zero-order chi connectivity index (χ0) is 43.1. The van der Waals surface area contributed by atoms with Crippen molar-refractivity contribution in [3.8, 4) is 84.9 Å². The molecule has 0 fully saturated rings. The van der Waals surface area contributed by atoms with Crippen molar-refractivity contribution >= 4 is 32.6 Å². The molecule has 0 unspecified atom stereocenters. The van der Waals surface area contributed by atoms with E-state index in [0.29, 0.717) is 23.3 Å². The van der Waals surface area contributed by atoms with E-state index in [1.54, 1.807) is 0 Å². The Kier molecular flexibility index (Phi) is 9.38. The molecule has 65 heavy (non-hydrogen) atoms. The Morgan fingerprint density at radius 3 is 1.32 bits per heavy atom. The fourth-order valence-electron chi connectivity index (χ4n) is 8.90. The van der Waals surface area contributed by atoms with Gasteiger partial charge in [-0.2, -0.15) is 0 Å². The van der Waals surface area contributed by atoms with E-state index in [1.807, 2.05) is 78.9 Å². The van der Waals surface area contributed by atoms with Gasteiger partial charge >= 0.3 is 0 Å². The summed E-state index contributed by atoms with van der Waals surface area (Å²) in [6.45, 7) is 0. The largest absolute Gasteiger partial charge is 0.309 e. The summed E-state index contributed by atoms with van der Waals surface area (Å²) in [7, 11) is 0. The molecule has 0 aliphatic rings. The van der Waals surface area contributed by atoms with Crippen molar-refractivity contribution in [3.05, 3.63) is 231 Å². The van der Waals surface area contributed by atoms with Gasteiger partial charge in [-0.05, 0) is 70.4 Å². The molecule has 304 valence electrons. The van der Waals surface area contributed by atoms with Gasteiger partial charge in [0.15, 0.2) is 23.3 Å². The van der Waals surface area contributed by atoms with Crippen molar-refractivity contribution < 1.29 is 0 Å². The first-order valence-electron chi connectivity index (χ1n) is 21.7. The minimum atomic E-state index is 0.612. The van der Waals surface area contributed by atoms with Crippen LogP contribution in [0.25, 0.3) is 117 Å². The van der Waals surface area contributed by atoms with E-state index in [-0.39, 0.29) is 0 Å². The first-order chi connectivity index (χ1) is 32.2. The standard InChI is InChI=1S/C59H38N6/c1-5-18-40(19-6-1)56-60-51(38-52(61-56)46-32-33-53-50(37-46)55-49-30-14-13-17-39(49)31-34-54(55)65(53)48-28-11-4-12-29-48)45-26-15-24-43(35-45)44-25-16-27-47(36-44)59-63-57(41-20-7-2-8-21-41)62-58(64-59)42-22-9-3-10-23-42/h1-38H. The molecule has 0 N–H and O–H groups in total. The van der Waals surface area contributed by atoms with Crippen molar-refractivity contribution in [1.29, 1.82) is 0 Å². The predicted octanol–water partition coefficient (Wildman–Crippen LogP) is 14.6. The molecule has 12 aromatic rings. The normalized spacial score (nSPS) is 11.4. The summed E-state index contributed by atoms with van der Waals surface area (Å²) in [6.07, 6.45) is 0. The molecule has 6 heteroatoms. The summed E-state index contributed by atoms with van der Waals surface area (Å²) in [5.41, 5.74) is 12.9. The highest BCUT2D eigenvalue weighted by Crippen LogP contribution is 2.40. The van der Waals surface area contributed by atoms with E-state index in [0.717, 1.165) is 67.1 Å². The molecule has 9 aromatic carbocycles. The first-order valence-corrected chi connectivity index (χ1v) is 21.7. The fraction of sp³-hybridized carbons (Fsp3) is 0. The summed E-state index contributed by atoms with van der Waals surface area (Å²) >= 11 is 0. The molecule has 0 amide bonds. The van der Waals surface area contributed by atoms with Crippen molar-refractivity contribution in [1.82, 2.24) is 29.5 Å². The average Bonchev–Trinajstić information content (AvgIpc) is 3.74. The molecule has 0 aliphatic carbocycles. The second-order valence-electron chi connectivity index (χ2n) is 16.1. The smallest absolute Gasteiger partial charge is 0.164 e. The van der Waals surface area contributed by atoms with Crippen LogP contribution >= 0.6 is 0 Å². The van der Waals surface area contributed by atoms with Crippen LogP contribution in [-0.2, 0) is 0 Å². The molecule has 12 rings (SSSR count). The SMILES string of the molecule is c1ccc(-c2nc(-c3cccc(-c4cccc(-c5nc(-c6ccccc6)nc(-c6ccccc6)n5)c4)c3)cc(-c3ccc4c(c3)c3c5ccccc5ccc3n4-c3ccccc3)n2)cc1. The Labute approximate surface area is 375 Å². The van der Waals surface area contributed by atoms with Crippen LogP contribution in [0.15, 0.2) is 231 Å². The second kappa shape index (κ2) is 16.1. The number of para-hydroxylation sites is 1. The molecule has 3 aromatic heterocycles. The minimum absolute atomic E-state index is 0.612. The van der Waals surface area contributed by atoms with E-state index in [4.69, 9.17) is 24.9 Å². The van der Waals surface area contributed by atoms with Gasteiger partial charge in [0, 0.05) is 49.8 Å². The lowest BCUT2D eigenvalue weighted by molar-refractivity contribution is 1.07. The van der Waals surface area contributed by atoms with Gasteiger partial charge in [0.05, 0.1) is 22.4 Å². The Morgan fingerprint density at radius 1 is 0.262 bits per heavy atom. The molecule has 0 aliphatic heterocycles. The van der Waals surface area contributed by atoms with Gasteiger partial charge in [0.25, 0.3) is 0 Å². The number of nitrogens with zero attached hydrogens (tertiary/aromatic N) is 6. The third-order valence-corrected chi connectivity index (χ3v) is 12.0. The Bertz CT molecular complexity index is 3640. The zero-order valence-electron chi connectivity index (χ0n) is 35.1. The van der Waals surface area contributed by atoms with E-state index >= 15 is 0 Å². The van der Waals surface area contributed by atoms with E-state index < -0.39 is 0 Å². The third-order valence-electron chi connectivity index (χ3n) is 12.0. The molecular weight excluding hydrogens is 793 g/mol. The van der Waals surface area contributed by atoms with Crippen molar-refractivity contribution in [3.63, 3.8) is 0 Å². The molecule has 0 saturated heterocycles. The van der Waals surface area contributed by atoms with Crippen LogP contribution in [0.3, 0.4) is 0 Å². The second-order valence-corrected chi connectivity index (χ2v) is 16.1. The van der Waals surface area contributed by atoms with Gasteiger partial charge in [-0.15, -0.1) is 0 Å². The summed E-state index contributed by atoms with van der Waals surface area (Å²) < 4.78 is 2.37. The Hall–Kier alpha value is -8.87. The number of aromatic nitrogens is 6. The Balaban J connectivity index is 0.981. The van der Waals surface area contributed by atoms with Crippen LogP contribution in [0, 0.1) is 0 Å². The average molecular weight is 831 g/mol. The highest BCUT2D eigenvalue weighted by molar-refractivity contribution is 6.21. The number of fused-ring (bicyclic) bond motifs is 5. The Morgan fingerprint density at radius 2 is 0.708 bits per heavy atom. The van der Waals surface area contributed by atoms with E-state index in [9.17, 15) is 0 Å². The monoisotopic (exact) mass is 830 g/mol. The molecule has 0 bridgehead atoms. The maximum absolute atomic E-state index is 5.26. The summed E-state index contributed by atoms with van der Waals surface area (Å²) in [5, 5.41) is 4.83. The minimum Gasteiger partial charge on any atom is -0.309 e. The lowest BCUT2D eigenvalue weighted by Crippen LogP contribution is -2.00. The maximum atomic E-state index is 5.26. The topological polar surface area (TPSA) is 69.4 Å². The van der Waals surface area contributed by atoms with Crippen LogP contribution in [0.2, 0.25) is 0 Å². The summed E-state index contributed by atoms with van der Waals surface area (Å²) in [4.78, 5) is 25.4. The van der Waals surface area contributed by atoms with Gasteiger partial charge in [-0.25, -0.2) is 24.9 Å². The molecule has 0 saturated carbocycles. The quantitative estimate of drug-likeness (QED) is 0.153. The van der Waals surface area contributed by atoms with Gasteiger partial charge in [-0.1, -0.05) is 182 Å². The van der Waals surface area contributed by atoms with Crippen molar-refractivity contribution in [2.24, 2.45) is 0 Å². The highest BCUT2D eigenvalue weighted by atomic mass is 15.0. The van der Waals surface area contributed by atoms with E-state index in [2.05, 4.69) is 156 Å². The lowest BCUT2D eigenvalue weighted by atomic mass is 9.98. The van der Waals surface area contributed by atoms with Gasteiger partial charge < -0.3 is 4.57 Å². The maximum Gasteiger partial charge on any atom is 0.164 e. The molecule has 0 radical (unpaired) electrons. The summed E-state index contributed by atoms with van der Waals surface area (Å²) in [6, 6.07) is 79.9. The summed E-state index contributed by atoms with van der Waals surface area (Å²) in [5.74, 6) is 2.54. The van der Waals surface area contributed by atoms with Gasteiger partial charge in [0.1, 0.15) is 0 Å². The van der Waals surface area contributed by atoms with Crippen LogP contribution < -0.4 is 0 Å². The number of hydrogen-bond acceptors (Lipinski definition) is 5. The molecule has 0 atom stereocenters. The van der Waals surface area contributed by atoms with Crippen LogP contribution in [0.4, 0.5) is 0 Å². The van der Waals surface area contributed by atoms with Crippen molar-refractivity contribution in [2.45, 2.75) is 0 Å². The van der Waals surface area contributed by atoms with Crippen molar-refractivity contribution in [2.75, 3.05) is 0 Å². The van der Waals surface area contributed by atoms with Crippen LogP contribution in [0.5, 0.6) is 0 Å². The zero-order valence-corrected chi connectivity index (χ0v) is 35.1. The van der Waals surface area contributed by atoms with Crippen LogP contribution in [-0.4, -0.2) is 29.5 Å². The fourth-order valence-corrected chi connectivity index (χ4v) is 8.90. The van der Waals surface area contributed by atoms with Gasteiger partial charge in [0.2, 0.25) is 0 Å². The lowest BCUT2D eigenvalue weighted by Gasteiger charge is -2.12. The van der Waals surface area contributed by atoms with E-state index in [1.165, 1.54) is 27.1 Å². The first kappa shape index (κ1) is 37.9. The van der Waals surface area contributed by atoms with Gasteiger partial charge in [-0.3, -0.25) is 0 Å². The molecule has 0 spiro atoms. The number of rotatable bonds is 8. The predicted molar refractivity (Wildman–Crippen MR) is 265 cm³/mol. The third kappa shape index (κ3) is 7.09. The van der Waals surface area contributed by atoms with Crippen LogP contribution in [0.1, 0.15) is 0 Å². The molecular formula is C59H38N6. The number of benzene rings is 9. The molecule has 3 heterocycles.